The molecule has 0 saturated carbocycles. The van der Waals surface area contributed by atoms with E-state index in [0.29, 0.717) is 32.1 Å². The van der Waals surface area contributed by atoms with E-state index in [1.54, 1.807) is 8.61 Å². The standard InChI is InChI=1S/C13H29N3O2S/c1-4-8-15(9-5-2)19(17,18)16-10-6-7-13(12-16)11-14-3/h13-14H,4-12H2,1-3H3. The quantitative estimate of drug-likeness (QED) is 0.733. The summed E-state index contributed by atoms with van der Waals surface area (Å²) in [4.78, 5) is 0. The van der Waals surface area contributed by atoms with Crippen molar-refractivity contribution in [2.24, 2.45) is 5.92 Å². The van der Waals surface area contributed by atoms with Crippen molar-refractivity contribution in [3.63, 3.8) is 0 Å². The highest BCUT2D eigenvalue weighted by Gasteiger charge is 2.32. The second-order valence-corrected chi connectivity index (χ2v) is 7.26. The van der Waals surface area contributed by atoms with Crippen molar-refractivity contribution >= 4 is 10.2 Å². The molecule has 1 N–H and O–H groups in total. The molecule has 5 nitrogen and oxygen atoms in total. The molecule has 19 heavy (non-hydrogen) atoms. The minimum absolute atomic E-state index is 0.443. The van der Waals surface area contributed by atoms with Crippen LogP contribution < -0.4 is 5.32 Å². The second-order valence-electron chi connectivity index (χ2n) is 5.33. The normalized spacial score (nSPS) is 22.0. The Kier molecular flexibility index (Phi) is 7.28. The van der Waals surface area contributed by atoms with Gasteiger partial charge in [0.2, 0.25) is 0 Å². The van der Waals surface area contributed by atoms with E-state index in [9.17, 15) is 8.42 Å². The Morgan fingerprint density at radius 2 is 1.89 bits per heavy atom. The average molecular weight is 291 g/mol. The fraction of sp³-hybridized carbons (Fsp3) is 1.00. The zero-order valence-corrected chi connectivity index (χ0v) is 13.4. The van der Waals surface area contributed by atoms with Crippen LogP contribution >= 0.6 is 0 Å². The predicted molar refractivity (Wildman–Crippen MR) is 79.3 cm³/mol. The third kappa shape index (κ3) is 4.70. The van der Waals surface area contributed by atoms with Crippen molar-refractivity contribution in [1.29, 1.82) is 0 Å². The molecule has 1 rings (SSSR count). The lowest BCUT2D eigenvalue weighted by molar-refractivity contribution is 0.243. The molecule has 1 aliphatic rings. The summed E-state index contributed by atoms with van der Waals surface area (Å²) >= 11 is 0. The lowest BCUT2D eigenvalue weighted by atomic mass is 10.00. The van der Waals surface area contributed by atoms with Gasteiger partial charge in [-0.15, -0.1) is 0 Å². The number of nitrogens with one attached hydrogen (secondary N) is 1. The number of rotatable bonds is 8. The van der Waals surface area contributed by atoms with Crippen LogP contribution in [0.25, 0.3) is 0 Å². The van der Waals surface area contributed by atoms with Gasteiger partial charge in [0.25, 0.3) is 10.2 Å². The molecule has 0 radical (unpaired) electrons. The van der Waals surface area contributed by atoms with Crippen LogP contribution in [0.5, 0.6) is 0 Å². The van der Waals surface area contributed by atoms with Crippen LogP contribution in [0.4, 0.5) is 0 Å². The zero-order valence-electron chi connectivity index (χ0n) is 12.6. The fourth-order valence-electron chi connectivity index (χ4n) is 2.70. The summed E-state index contributed by atoms with van der Waals surface area (Å²) in [6.07, 6.45) is 3.83. The van der Waals surface area contributed by atoms with Gasteiger partial charge in [0.05, 0.1) is 0 Å². The van der Waals surface area contributed by atoms with Gasteiger partial charge in [-0.25, -0.2) is 0 Å². The molecule has 1 unspecified atom stereocenters. The Bertz CT molecular complexity index is 338. The number of hydrogen-bond acceptors (Lipinski definition) is 3. The molecule has 1 saturated heterocycles. The Morgan fingerprint density at radius 3 is 2.42 bits per heavy atom. The molecule has 114 valence electrons. The number of nitrogens with zero attached hydrogens (tertiary/aromatic N) is 2. The third-order valence-electron chi connectivity index (χ3n) is 3.57. The van der Waals surface area contributed by atoms with Gasteiger partial charge >= 0.3 is 0 Å². The predicted octanol–water partition coefficient (Wildman–Crippen LogP) is 1.28. The van der Waals surface area contributed by atoms with Gasteiger partial charge in [-0.1, -0.05) is 13.8 Å². The van der Waals surface area contributed by atoms with E-state index in [2.05, 4.69) is 5.32 Å². The van der Waals surface area contributed by atoms with E-state index in [4.69, 9.17) is 0 Å². The van der Waals surface area contributed by atoms with Crippen molar-refractivity contribution < 1.29 is 8.42 Å². The first-order chi connectivity index (χ1) is 9.06. The molecule has 0 aromatic heterocycles. The monoisotopic (exact) mass is 291 g/mol. The molecule has 0 amide bonds. The summed E-state index contributed by atoms with van der Waals surface area (Å²) in [5, 5.41) is 3.15. The summed E-state index contributed by atoms with van der Waals surface area (Å²) in [6.45, 7) is 7.54. The highest BCUT2D eigenvalue weighted by Crippen LogP contribution is 2.21. The first-order valence-corrected chi connectivity index (χ1v) is 8.85. The lowest BCUT2D eigenvalue weighted by Crippen LogP contribution is -2.49. The van der Waals surface area contributed by atoms with Gasteiger partial charge in [-0.05, 0) is 45.2 Å². The highest BCUT2D eigenvalue weighted by molar-refractivity contribution is 7.86. The maximum absolute atomic E-state index is 12.6. The summed E-state index contributed by atoms with van der Waals surface area (Å²) in [5.74, 6) is 0.443. The van der Waals surface area contributed by atoms with Gasteiger partial charge < -0.3 is 5.32 Å². The molecular weight excluding hydrogens is 262 g/mol. The molecular formula is C13H29N3O2S. The SMILES string of the molecule is CCCN(CCC)S(=O)(=O)N1CCCC(CNC)C1. The van der Waals surface area contributed by atoms with E-state index in [0.717, 1.165) is 32.2 Å². The second kappa shape index (κ2) is 8.19. The Labute approximate surface area is 118 Å². The third-order valence-corrected chi connectivity index (χ3v) is 5.58. The zero-order chi connectivity index (χ0) is 14.3. The van der Waals surface area contributed by atoms with Crippen LogP contribution in [-0.2, 0) is 10.2 Å². The largest absolute Gasteiger partial charge is 0.319 e. The van der Waals surface area contributed by atoms with E-state index in [1.165, 1.54) is 0 Å². The lowest BCUT2D eigenvalue weighted by Gasteiger charge is -2.35. The van der Waals surface area contributed by atoms with Gasteiger partial charge in [0.1, 0.15) is 0 Å². The van der Waals surface area contributed by atoms with Crippen LogP contribution in [0, 0.1) is 5.92 Å². The average Bonchev–Trinajstić information content (AvgIpc) is 2.39. The topological polar surface area (TPSA) is 52.7 Å². The van der Waals surface area contributed by atoms with Gasteiger partial charge in [0.15, 0.2) is 0 Å². The van der Waals surface area contributed by atoms with Gasteiger partial charge in [-0.3, -0.25) is 0 Å². The first kappa shape index (κ1) is 16.9. The molecule has 1 atom stereocenters. The maximum atomic E-state index is 12.6. The van der Waals surface area contributed by atoms with Crippen LogP contribution in [0.15, 0.2) is 0 Å². The van der Waals surface area contributed by atoms with E-state index in [1.807, 2.05) is 20.9 Å². The number of hydrogen-bond donors (Lipinski definition) is 1. The van der Waals surface area contributed by atoms with Gasteiger partial charge in [0, 0.05) is 26.2 Å². The van der Waals surface area contributed by atoms with Crippen molar-refractivity contribution in [2.75, 3.05) is 39.8 Å². The molecule has 1 heterocycles. The smallest absolute Gasteiger partial charge is 0.281 e. The summed E-state index contributed by atoms with van der Waals surface area (Å²) < 4.78 is 28.6. The Hall–Kier alpha value is -0.170. The minimum Gasteiger partial charge on any atom is -0.319 e. The molecule has 0 bridgehead atoms. The fourth-order valence-corrected chi connectivity index (χ4v) is 4.61. The number of piperidine rings is 1. The van der Waals surface area contributed by atoms with E-state index >= 15 is 0 Å². The highest BCUT2D eigenvalue weighted by atomic mass is 32.2. The molecule has 0 spiro atoms. The molecule has 0 aromatic carbocycles. The Balaban J connectivity index is 2.73. The maximum Gasteiger partial charge on any atom is 0.281 e. The van der Waals surface area contributed by atoms with Crippen LogP contribution in [0.3, 0.4) is 0 Å². The Morgan fingerprint density at radius 1 is 1.26 bits per heavy atom. The van der Waals surface area contributed by atoms with Crippen LogP contribution in [0.2, 0.25) is 0 Å². The van der Waals surface area contributed by atoms with Crippen LogP contribution in [-0.4, -0.2) is 56.8 Å². The molecule has 1 fully saturated rings. The molecule has 6 heteroatoms. The van der Waals surface area contributed by atoms with E-state index in [-0.39, 0.29) is 0 Å². The van der Waals surface area contributed by atoms with Gasteiger partial charge in [-0.2, -0.15) is 17.0 Å². The van der Waals surface area contributed by atoms with Crippen molar-refractivity contribution in [1.82, 2.24) is 13.9 Å². The molecule has 0 aromatic rings. The van der Waals surface area contributed by atoms with E-state index < -0.39 is 10.2 Å². The molecule has 1 aliphatic heterocycles. The summed E-state index contributed by atoms with van der Waals surface area (Å²) in [6, 6.07) is 0. The first-order valence-electron chi connectivity index (χ1n) is 7.46. The summed E-state index contributed by atoms with van der Waals surface area (Å²) in [5.41, 5.74) is 0. The summed E-state index contributed by atoms with van der Waals surface area (Å²) in [7, 11) is -1.34. The molecule has 0 aliphatic carbocycles. The van der Waals surface area contributed by atoms with Crippen molar-refractivity contribution in [3.8, 4) is 0 Å². The van der Waals surface area contributed by atoms with Crippen LogP contribution in [0.1, 0.15) is 39.5 Å². The minimum atomic E-state index is -3.26. The van der Waals surface area contributed by atoms with Crippen molar-refractivity contribution in [2.45, 2.75) is 39.5 Å². The van der Waals surface area contributed by atoms with Crippen molar-refractivity contribution in [3.05, 3.63) is 0 Å².